The zero-order valence-electron chi connectivity index (χ0n) is 34.4. The number of rotatable bonds is 9. The van der Waals surface area contributed by atoms with Gasteiger partial charge in [-0.25, -0.2) is 0 Å². The van der Waals surface area contributed by atoms with Crippen LogP contribution < -0.4 is 0 Å². The number of phenolic OH excluding ortho intramolecular Hbond substituents is 4. The average molecular weight is 844 g/mol. The van der Waals surface area contributed by atoms with Gasteiger partial charge in [-0.1, -0.05) is 6.92 Å². The highest BCUT2D eigenvalue weighted by atomic mass is 16.7. The van der Waals surface area contributed by atoms with Gasteiger partial charge in [0.2, 0.25) is 11.6 Å². The molecule has 3 fully saturated rings. The fourth-order valence-corrected chi connectivity index (χ4v) is 9.43. The number of hydrogen-bond donors (Lipinski definition) is 6. The lowest BCUT2D eigenvalue weighted by molar-refractivity contribution is -0.324. The van der Waals surface area contributed by atoms with E-state index in [9.17, 15) is 49.8 Å². The number of phenols is 4. The van der Waals surface area contributed by atoms with Crippen LogP contribution in [0.1, 0.15) is 121 Å². The number of aromatic hydroxyl groups is 4. The van der Waals surface area contributed by atoms with Gasteiger partial charge >= 0.3 is 5.97 Å². The van der Waals surface area contributed by atoms with Gasteiger partial charge < -0.3 is 68.7 Å². The minimum Gasteiger partial charge on any atom is -0.507 e. The van der Waals surface area contributed by atoms with Gasteiger partial charge in [0, 0.05) is 49.3 Å². The number of ether oxygens (including phenoxy) is 7. The molecule has 0 saturated carbocycles. The van der Waals surface area contributed by atoms with Crippen LogP contribution in [0.2, 0.25) is 0 Å². The van der Waals surface area contributed by atoms with Gasteiger partial charge in [-0.05, 0) is 53.4 Å². The lowest BCUT2D eigenvalue weighted by Gasteiger charge is -2.48. The smallest absolute Gasteiger partial charge is 0.316 e. The Labute approximate surface area is 345 Å². The summed E-state index contributed by atoms with van der Waals surface area (Å²) in [6.07, 6.45) is -7.79. The predicted molar refractivity (Wildman–Crippen MR) is 205 cm³/mol. The molecule has 10 unspecified atom stereocenters. The zero-order chi connectivity index (χ0) is 43.7. The highest BCUT2D eigenvalue weighted by Crippen LogP contribution is 2.58. The number of nitrogens with zero attached hydrogens (tertiary/aromatic N) is 1. The first-order valence-corrected chi connectivity index (χ1v) is 20.2. The molecule has 60 heavy (non-hydrogen) atoms. The molecule has 3 saturated heterocycles. The summed E-state index contributed by atoms with van der Waals surface area (Å²) in [5.74, 6) is -7.95. The number of likely N-dealkylation sites (N-methyl/N-ethyl adjacent to an activating group) is 1. The molecule has 0 spiro atoms. The number of esters is 1. The molecule has 0 radical (unpaired) electrons. The molecule has 6 N–H and O–H groups in total. The van der Waals surface area contributed by atoms with Crippen molar-refractivity contribution in [3.8, 4) is 23.0 Å². The number of Topliss-reactive ketones (excluding diaryl/α,β-unsaturated/α-hetero) is 1. The molecular weight excluding hydrogens is 790 g/mol. The number of benzene rings is 2. The van der Waals surface area contributed by atoms with E-state index in [1.54, 1.807) is 27.7 Å². The van der Waals surface area contributed by atoms with E-state index in [1.165, 1.54) is 0 Å². The number of ketones is 3. The molecule has 5 aliphatic rings. The van der Waals surface area contributed by atoms with Crippen LogP contribution in [-0.4, -0.2) is 147 Å². The van der Waals surface area contributed by atoms with E-state index in [2.05, 4.69) is 0 Å². The van der Waals surface area contributed by atoms with Crippen LogP contribution in [0.15, 0.2) is 12.1 Å². The number of aliphatic hydroxyl groups is 2. The van der Waals surface area contributed by atoms with E-state index < -0.39 is 148 Å². The SMILES string of the molecule is CC[C@@]1(O)C[C@H](OC2CC(N(C)C)C(OC3CC(O)C(OC4CCC(=O)C(C)O4)C(C)O3)C(C)O2)c2c(O)c3c(c(O)c2[C@H]1C(=O)OC)C(=O)c1c(O)ccc(O)c1C3=O. The maximum Gasteiger partial charge on any atom is 0.316 e. The van der Waals surface area contributed by atoms with Gasteiger partial charge in [0.15, 0.2) is 24.7 Å². The first kappa shape index (κ1) is 43.8. The molecule has 7 rings (SSSR count). The van der Waals surface area contributed by atoms with Crippen molar-refractivity contribution in [2.24, 2.45) is 0 Å². The molecule has 2 aliphatic carbocycles. The van der Waals surface area contributed by atoms with Crippen LogP contribution in [0.3, 0.4) is 0 Å². The standard InChI is InChI=1S/C42H53NO17/c1-8-42(53)15-24(30-31(34(42)41(52)54-7)38(51)33-32(37(30)50)35(48)28-21(45)9-10-22(46)29(28)36(33)49)58-26-13-19(43(5)6)39(17(3)56-26)60-27-14-23(47)40(18(4)57-27)59-25-12-11-20(44)16(2)55-25/h9-10,16-19,23-27,34,39-40,45-47,50-51,53H,8,11-15H2,1-7H3/t16?,17?,18?,19?,23?,24-,25?,26?,27?,34-,39?,40?,42+/m0/s1. The summed E-state index contributed by atoms with van der Waals surface area (Å²) in [5.41, 5.74) is -5.27. The number of methoxy groups -OCH3 is 1. The van der Waals surface area contributed by atoms with Crippen molar-refractivity contribution in [3.63, 3.8) is 0 Å². The highest BCUT2D eigenvalue weighted by Gasteiger charge is 2.55. The molecule has 0 aromatic heterocycles. The van der Waals surface area contributed by atoms with E-state index in [-0.39, 0.29) is 37.0 Å². The molecule has 18 nitrogen and oxygen atoms in total. The Morgan fingerprint density at radius 2 is 1.35 bits per heavy atom. The van der Waals surface area contributed by atoms with Gasteiger partial charge in [-0.2, -0.15) is 0 Å². The number of carbonyl (C=O) groups excluding carboxylic acids is 4. The molecule has 2 aromatic carbocycles. The van der Waals surface area contributed by atoms with E-state index in [0.717, 1.165) is 19.2 Å². The summed E-state index contributed by atoms with van der Waals surface area (Å²) >= 11 is 0. The molecule has 2 aromatic rings. The highest BCUT2D eigenvalue weighted by molar-refractivity contribution is 6.32. The van der Waals surface area contributed by atoms with Crippen molar-refractivity contribution in [1.82, 2.24) is 4.90 Å². The molecular formula is C42H53NO17. The predicted octanol–water partition coefficient (Wildman–Crippen LogP) is 2.57. The molecule has 3 aliphatic heterocycles. The Bertz CT molecular complexity index is 2040. The number of carbonyl (C=O) groups is 4. The van der Waals surface area contributed by atoms with Crippen molar-refractivity contribution >= 4 is 23.3 Å². The Morgan fingerprint density at radius 1 is 0.800 bits per heavy atom. The van der Waals surface area contributed by atoms with Crippen LogP contribution >= 0.6 is 0 Å². The van der Waals surface area contributed by atoms with E-state index in [4.69, 9.17) is 33.2 Å². The third-order valence-corrected chi connectivity index (χ3v) is 12.6. The largest absolute Gasteiger partial charge is 0.507 e. The van der Waals surface area contributed by atoms with E-state index in [1.807, 2.05) is 19.0 Å². The second kappa shape index (κ2) is 16.6. The number of hydrogen-bond acceptors (Lipinski definition) is 18. The monoisotopic (exact) mass is 843 g/mol. The van der Waals surface area contributed by atoms with Crippen molar-refractivity contribution in [2.45, 2.75) is 145 Å². The fourth-order valence-electron chi connectivity index (χ4n) is 9.43. The van der Waals surface area contributed by atoms with Gasteiger partial charge in [0.05, 0.1) is 59.4 Å². The van der Waals surface area contributed by atoms with Gasteiger partial charge in [-0.15, -0.1) is 0 Å². The Morgan fingerprint density at radius 3 is 1.88 bits per heavy atom. The third kappa shape index (κ3) is 7.45. The summed E-state index contributed by atoms with van der Waals surface area (Å²) in [7, 11) is 4.72. The second-order valence-electron chi connectivity index (χ2n) is 16.6. The minimum absolute atomic E-state index is 0.0111. The quantitative estimate of drug-likeness (QED) is 0.134. The first-order chi connectivity index (χ1) is 28.3. The van der Waals surface area contributed by atoms with Crippen LogP contribution in [-0.2, 0) is 42.7 Å². The van der Waals surface area contributed by atoms with Crippen LogP contribution in [0, 0.1) is 0 Å². The summed E-state index contributed by atoms with van der Waals surface area (Å²) < 4.78 is 42.4. The van der Waals surface area contributed by atoms with Gasteiger partial charge in [-0.3, -0.25) is 19.2 Å². The number of aliphatic hydroxyl groups excluding tert-OH is 1. The molecule has 0 bridgehead atoms. The molecule has 3 heterocycles. The Balaban J connectivity index is 1.17. The molecule has 18 heteroatoms. The van der Waals surface area contributed by atoms with Crippen LogP contribution in [0.25, 0.3) is 0 Å². The first-order valence-electron chi connectivity index (χ1n) is 20.2. The van der Waals surface area contributed by atoms with E-state index >= 15 is 0 Å². The lowest BCUT2D eigenvalue weighted by Crippen LogP contribution is -2.58. The lowest BCUT2D eigenvalue weighted by atomic mass is 9.66. The van der Waals surface area contributed by atoms with Crippen molar-refractivity contribution < 1.29 is 83.0 Å². The normalized spacial score (nSPS) is 35.5. The zero-order valence-corrected chi connectivity index (χ0v) is 34.4. The average Bonchev–Trinajstić information content (AvgIpc) is 3.19. The summed E-state index contributed by atoms with van der Waals surface area (Å²) in [5, 5.41) is 68.4. The second-order valence-corrected chi connectivity index (χ2v) is 16.6. The fraction of sp³-hybridized carbons (Fsp3) is 0.619. The Hall–Kier alpha value is -4.24. The maximum atomic E-state index is 14.0. The Kier molecular flexibility index (Phi) is 12.1. The summed E-state index contributed by atoms with van der Waals surface area (Å²) in [4.78, 5) is 55.2. The van der Waals surface area contributed by atoms with Crippen molar-refractivity contribution in [2.75, 3.05) is 21.2 Å². The van der Waals surface area contributed by atoms with Gasteiger partial charge in [0.1, 0.15) is 47.2 Å². The number of fused-ring (bicyclic) bond motifs is 3. The van der Waals surface area contributed by atoms with Crippen molar-refractivity contribution in [3.05, 3.63) is 45.5 Å². The molecule has 0 amide bonds. The van der Waals surface area contributed by atoms with Crippen molar-refractivity contribution in [1.29, 1.82) is 0 Å². The summed E-state index contributed by atoms with van der Waals surface area (Å²) in [6.45, 7) is 6.75. The minimum atomic E-state index is -1.98. The molecule has 13 atom stereocenters. The van der Waals surface area contributed by atoms with Crippen LogP contribution in [0.4, 0.5) is 0 Å². The van der Waals surface area contributed by atoms with Crippen LogP contribution in [0.5, 0.6) is 23.0 Å². The van der Waals surface area contributed by atoms with E-state index in [0.29, 0.717) is 12.8 Å². The van der Waals surface area contributed by atoms with Gasteiger partial charge in [0.25, 0.3) is 0 Å². The summed E-state index contributed by atoms with van der Waals surface area (Å²) in [6, 6.07) is 1.59. The maximum absolute atomic E-state index is 14.0. The topological polar surface area (TPSA) is 258 Å². The molecule has 328 valence electrons. The third-order valence-electron chi connectivity index (χ3n) is 12.6.